The lowest BCUT2D eigenvalue weighted by molar-refractivity contribution is -0.141. The van der Waals surface area contributed by atoms with Gasteiger partial charge in [0.05, 0.1) is 5.92 Å². The van der Waals surface area contributed by atoms with Crippen LogP contribution in [0.25, 0.3) is 11.1 Å². The number of amides is 2. The van der Waals surface area contributed by atoms with Crippen LogP contribution in [0, 0.1) is 5.92 Å². The highest BCUT2D eigenvalue weighted by Crippen LogP contribution is 2.44. The van der Waals surface area contributed by atoms with Crippen molar-refractivity contribution in [3.05, 3.63) is 71.4 Å². The number of carbonyl (C=O) groups is 3. The fourth-order valence-electron chi connectivity index (χ4n) is 4.45. The number of aromatic nitrogens is 2. The fraction of sp³-hybridized carbons (Fsp3) is 0.308. The van der Waals surface area contributed by atoms with E-state index in [-0.39, 0.29) is 30.5 Å². The SMILES string of the molecule is CCCC(CNC(=O)c1cn(C)nc1NC(=O)OCC1c2ccccc2-c2ccccc21)C(=O)O. The molecule has 0 saturated carbocycles. The standard InChI is InChI=1S/C26H28N4O5/c1-3-8-16(25(32)33)13-27-24(31)21-14-30(2)29-23(21)28-26(34)35-15-22-19-11-6-4-9-17(19)18-10-5-7-12-20(18)22/h4-7,9-12,14,16,22H,3,8,13,15H2,1-2H3,(H,27,31)(H,32,33)(H,28,29,34). The molecule has 182 valence electrons. The Balaban J connectivity index is 1.41. The van der Waals surface area contributed by atoms with E-state index in [4.69, 9.17) is 4.74 Å². The Hall–Kier alpha value is -4.14. The second-order valence-corrected chi connectivity index (χ2v) is 8.55. The van der Waals surface area contributed by atoms with Gasteiger partial charge < -0.3 is 15.2 Å². The van der Waals surface area contributed by atoms with Gasteiger partial charge in [0.2, 0.25) is 0 Å². The van der Waals surface area contributed by atoms with Gasteiger partial charge in [0, 0.05) is 25.7 Å². The third-order valence-corrected chi connectivity index (χ3v) is 6.13. The van der Waals surface area contributed by atoms with Gasteiger partial charge in [-0.3, -0.25) is 19.6 Å². The molecule has 1 atom stereocenters. The first kappa shape index (κ1) is 24.0. The number of aryl methyl sites for hydroxylation is 1. The number of nitrogens with one attached hydrogen (secondary N) is 2. The van der Waals surface area contributed by atoms with Crippen LogP contribution in [0.4, 0.5) is 10.6 Å². The Morgan fingerprint density at radius 2 is 1.71 bits per heavy atom. The van der Waals surface area contributed by atoms with E-state index >= 15 is 0 Å². The van der Waals surface area contributed by atoms with E-state index in [9.17, 15) is 19.5 Å². The average Bonchev–Trinajstić information content (AvgIpc) is 3.37. The molecule has 0 radical (unpaired) electrons. The summed E-state index contributed by atoms with van der Waals surface area (Å²) in [4.78, 5) is 36.7. The maximum atomic E-state index is 12.7. The minimum Gasteiger partial charge on any atom is -0.481 e. The fourth-order valence-corrected chi connectivity index (χ4v) is 4.45. The molecule has 0 bridgehead atoms. The number of carbonyl (C=O) groups excluding carboxylic acids is 2. The summed E-state index contributed by atoms with van der Waals surface area (Å²) in [6, 6.07) is 16.1. The molecule has 35 heavy (non-hydrogen) atoms. The zero-order chi connectivity index (χ0) is 24.9. The number of fused-ring (bicyclic) bond motifs is 3. The molecule has 2 amide bonds. The van der Waals surface area contributed by atoms with Gasteiger partial charge in [-0.2, -0.15) is 5.10 Å². The van der Waals surface area contributed by atoms with Crippen LogP contribution in [0.3, 0.4) is 0 Å². The highest BCUT2D eigenvalue weighted by molar-refractivity contribution is 6.01. The van der Waals surface area contributed by atoms with Crippen molar-refractivity contribution in [3.8, 4) is 11.1 Å². The maximum absolute atomic E-state index is 12.7. The van der Waals surface area contributed by atoms with Crippen LogP contribution in [0.2, 0.25) is 0 Å². The van der Waals surface area contributed by atoms with Crippen LogP contribution in [0.5, 0.6) is 0 Å². The van der Waals surface area contributed by atoms with Crippen LogP contribution >= 0.6 is 0 Å². The number of rotatable bonds is 9. The molecular formula is C26H28N4O5. The summed E-state index contributed by atoms with van der Waals surface area (Å²) in [5.74, 6) is -2.21. The lowest BCUT2D eigenvalue weighted by Crippen LogP contribution is -2.33. The summed E-state index contributed by atoms with van der Waals surface area (Å²) in [5, 5.41) is 18.6. The van der Waals surface area contributed by atoms with E-state index in [1.807, 2.05) is 43.3 Å². The maximum Gasteiger partial charge on any atom is 0.412 e. The van der Waals surface area contributed by atoms with Crippen molar-refractivity contribution in [1.29, 1.82) is 0 Å². The first-order chi connectivity index (χ1) is 16.9. The Kier molecular flexibility index (Phi) is 7.14. The average molecular weight is 477 g/mol. The molecule has 0 fully saturated rings. The highest BCUT2D eigenvalue weighted by Gasteiger charge is 2.29. The Bertz CT molecular complexity index is 1210. The van der Waals surface area contributed by atoms with E-state index in [0.29, 0.717) is 12.8 Å². The third-order valence-electron chi connectivity index (χ3n) is 6.13. The smallest absolute Gasteiger partial charge is 0.412 e. The number of hydrogen-bond donors (Lipinski definition) is 3. The van der Waals surface area contributed by atoms with Crippen molar-refractivity contribution in [3.63, 3.8) is 0 Å². The molecule has 9 nitrogen and oxygen atoms in total. The monoisotopic (exact) mass is 476 g/mol. The summed E-state index contributed by atoms with van der Waals surface area (Å²) < 4.78 is 6.94. The number of aliphatic carboxylic acids is 1. The number of benzene rings is 2. The van der Waals surface area contributed by atoms with Crippen LogP contribution in [0.15, 0.2) is 54.7 Å². The van der Waals surface area contributed by atoms with Gasteiger partial charge in [-0.25, -0.2) is 4.79 Å². The second kappa shape index (κ2) is 10.4. The lowest BCUT2D eigenvalue weighted by atomic mass is 9.98. The first-order valence-corrected chi connectivity index (χ1v) is 11.6. The molecular weight excluding hydrogens is 448 g/mol. The summed E-state index contributed by atoms with van der Waals surface area (Å²) in [6.07, 6.45) is 1.88. The molecule has 1 unspecified atom stereocenters. The van der Waals surface area contributed by atoms with E-state index in [1.165, 1.54) is 10.9 Å². The Morgan fingerprint density at radius 3 is 2.31 bits per heavy atom. The van der Waals surface area contributed by atoms with Gasteiger partial charge in [-0.05, 0) is 28.7 Å². The van der Waals surface area contributed by atoms with Gasteiger partial charge in [-0.1, -0.05) is 61.9 Å². The van der Waals surface area contributed by atoms with Crippen molar-refractivity contribution in [2.45, 2.75) is 25.7 Å². The molecule has 0 saturated heterocycles. The predicted molar refractivity (Wildman–Crippen MR) is 130 cm³/mol. The minimum absolute atomic E-state index is 0.0126. The number of ether oxygens (including phenoxy) is 1. The second-order valence-electron chi connectivity index (χ2n) is 8.55. The van der Waals surface area contributed by atoms with E-state index in [2.05, 4.69) is 27.9 Å². The quantitative estimate of drug-likeness (QED) is 0.429. The van der Waals surface area contributed by atoms with Crippen LogP contribution in [-0.2, 0) is 16.6 Å². The zero-order valence-electron chi connectivity index (χ0n) is 19.7. The molecule has 1 heterocycles. The number of anilines is 1. The molecule has 2 aromatic carbocycles. The van der Waals surface area contributed by atoms with Gasteiger partial charge in [0.1, 0.15) is 12.2 Å². The minimum atomic E-state index is -0.963. The number of hydrogen-bond acceptors (Lipinski definition) is 5. The summed E-state index contributed by atoms with van der Waals surface area (Å²) in [5.41, 5.74) is 4.58. The van der Waals surface area contributed by atoms with Crippen molar-refractivity contribution < 1.29 is 24.2 Å². The summed E-state index contributed by atoms with van der Waals surface area (Å²) >= 11 is 0. The highest BCUT2D eigenvalue weighted by atomic mass is 16.5. The zero-order valence-corrected chi connectivity index (χ0v) is 19.7. The number of carboxylic acid groups (broad SMARTS) is 1. The Morgan fingerprint density at radius 1 is 1.09 bits per heavy atom. The van der Waals surface area contributed by atoms with Gasteiger partial charge in [0.15, 0.2) is 5.82 Å². The number of carboxylic acids is 1. The van der Waals surface area contributed by atoms with Crippen molar-refractivity contribution in [2.75, 3.05) is 18.5 Å². The van der Waals surface area contributed by atoms with Crippen molar-refractivity contribution in [1.82, 2.24) is 15.1 Å². The molecule has 4 rings (SSSR count). The van der Waals surface area contributed by atoms with E-state index in [1.54, 1.807) is 7.05 Å². The molecule has 1 aromatic heterocycles. The van der Waals surface area contributed by atoms with Gasteiger partial charge in [0.25, 0.3) is 5.91 Å². The predicted octanol–water partition coefficient (Wildman–Crippen LogP) is 4.01. The van der Waals surface area contributed by atoms with E-state index < -0.39 is 23.9 Å². The van der Waals surface area contributed by atoms with Crippen LogP contribution in [-0.4, -0.2) is 46.0 Å². The van der Waals surface area contributed by atoms with Gasteiger partial charge >= 0.3 is 12.1 Å². The normalized spacial score (nSPS) is 13.0. The lowest BCUT2D eigenvalue weighted by Gasteiger charge is -2.14. The molecule has 3 aromatic rings. The van der Waals surface area contributed by atoms with E-state index in [0.717, 1.165) is 22.3 Å². The van der Waals surface area contributed by atoms with Crippen molar-refractivity contribution >= 4 is 23.8 Å². The third kappa shape index (κ3) is 5.18. The Labute approximate surface area is 203 Å². The van der Waals surface area contributed by atoms with Gasteiger partial charge in [-0.15, -0.1) is 0 Å². The molecule has 3 N–H and O–H groups in total. The topological polar surface area (TPSA) is 123 Å². The molecule has 0 aliphatic heterocycles. The summed E-state index contributed by atoms with van der Waals surface area (Å²) in [6.45, 7) is 2.00. The molecule has 1 aliphatic rings. The van der Waals surface area contributed by atoms with Crippen molar-refractivity contribution in [2.24, 2.45) is 13.0 Å². The van der Waals surface area contributed by atoms with Crippen LogP contribution in [0.1, 0.15) is 47.2 Å². The first-order valence-electron chi connectivity index (χ1n) is 11.6. The summed E-state index contributed by atoms with van der Waals surface area (Å²) in [7, 11) is 1.62. The molecule has 9 heteroatoms. The largest absolute Gasteiger partial charge is 0.481 e. The molecule has 0 spiro atoms. The molecule has 1 aliphatic carbocycles. The number of nitrogens with zero attached hydrogens (tertiary/aromatic N) is 2. The van der Waals surface area contributed by atoms with Crippen LogP contribution < -0.4 is 10.6 Å².